The minimum absolute atomic E-state index is 0.281. The van der Waals surface area contributed by atoms with Crippen molar-refractivity contribution in [1.29, 1.82) is 0 Å². The van der Waals surface area contributed by atoms with Crippen LogP contribution in [0.4, 0.5) is 11.4 Å². The van der Waals surface area contributed by atoms with Crippen LogP contribution in [0.1, 0.15) is 78.4 Å². The maximum absolute atomic E-state index is 11.5. The number of imidazole rings is 1. The van der Waals surface area contributed by atoms with E-state index in [1.165, 1.54) is 0 Å². The maximum atomic E-state index is 11.5. The number of rotatable bonds is 7. The molecule has 2 aliphatic heterocycles. The maximum Gasteiger partial charge on any atom is 0.306 e. The number of anilines is 2. The summed E-state index contributed by atoms with van der Waals surface area (Å²) in [5.74, 6) is -0.947. The summed E-state index contributed by atoms with van der Waals surface area (Å²) in [5, 5.41) is 30.3. The van der Waals surface area contributed by atoms with E-state index in [-0.39, 0.29) is 22.7 Å². The van der Waals surface area contributed by atoms with Crippen LogP contribution >= 0.6 is 0 Å². The second kappa shape index (κ2) is 13.5. The predicted molar refractivity (Wildman–Crippen MR) is 199 cm³/mol. The summed E-state index contributed by atoms with van der Waals surface area (Å²) in [6, 6.07) is 20.8. The number of nitrogens with zero attached hydrogens (tertiary/aromatic N) is 3. The van der Waals surface area contributed by atoms with Crippen molar-refractivity contribution in [3.05, 3.63) is 71.8 Å². The average Bonchev–Trinajstić information content (AvgIpc) is 3.53. The molecule has 0 saturated carbocycles. The van der Waals surface area contributed by atoms with E-state index in [2.05, 4.69) is 105 Å². The number of aromatic hydroxyl groups is 1. The van der Waals surface area contributed by atoms with Gasteiger partial charge in [-0.05, 0) is 72.9 Å². The summed E-state index contributed by atoms with van der Waals surface area (Å²) in [7, 11) is 0. The lowest BCUT2D eigenvalue weighted by molar-refractivity contribution is -0.143. The van der Waals surface area contributed by atoms with Crippen molar-refractivity contribution >= 4 is 23.3 Å². The Balaban J connectivity index is 1.39. The Labute approximate surface area is 295 Å². The smallest absolute Gasteiger partial charge is 0.306 e. The highest BCUT2D eigenvalue weighted by atomic mass is 16.4. The first-order valence-electron chi connectivity index (χ1n) is 17.7. The van der Waals surface area contributed by atoms with E-state index in [4.69, 9.17) is 4.98 Å². The Bertz CT molecular complexity index is 1720. The van der Waals surface area contributed by atoms with Crippen LogP contribution in [-0.2, 0) is 20.4 Å². The fourth-order valence-electron chi connectivity index (χ4n) is 7.28. The monoisotopic (exact) mass is 678 g/mol. The van der Waals surface area contributed by atoms with Gasteiger partial charge in [0.1, 0.15) is 11.6 Å². The van der Waals surface area contributed by atoms with Gasteiger partial charge in [-0.15, -0.1) is 0 Å². The molecule has 6 rings (SSSR count). The second-order valence-electron chi connectivity index (χ2n) is 16.0. The number of aromatic amines is 1. The molecule has 4 aromatic rings. The van der Waals surface area contributed by atoms with E-state index in [0.717, 1.165) is 50.6 Å². The van der Waals surface area contributed by atoms with Gasteiger partial charge in [0.2, 0.25) is 0 Å². The molecule has 2 saturated heterocycles. The molecule has 9 nitrogen and oxygen atoms in total. The molecule has 0 atom stereocenters. The summed E-state index contributed by atoms with van der Waals surface area (Å²) in [6.07, 6.45) is 2.55. The third-order valence-electron chi connectivity index (χ3n) is 10.4. The van der Waals surface area contributed by atoms with Crippen LogP contribution in [0.25, 0.3) is 33.9 Å². The van der Waals surface area contributed by atoms with Crippen LogP contribution in [0.2, 0.25) is 0 Å². The molecule has 0 bridgehead atoms. The van der Waals surface area contributed by atoms with E-state index < -0.39 is 11.9 Å². The number of H-pyrrole nitrogens is 1. The van der Waals surface area contributed by atoms with Gasteiger partial charge in [-0.3, -0.25) is 9.59 Å². The molecule has 0 spiro atoms. The van der Waals surface area contributed by atoms with Crippen LogP contribution < -0.4 is 9.80 Å². The molecule has 264 valence electrons. The van der Waals surface area contributed by atoms with Gasteiger partial charge in [0.05, 0.1) is 23.2 Å². The highest BCUT2D eigenvalue weighted by Gasteiger charge is 2.29. The molecule has 0 aliphatic carbocycles. The van der Waals surface area contributed by atoms with Crippen molar-refractivity contribution in [2.45, 2.75) is 78.1 Å². The highest BCUT2D eigenvalue weighted by Crippen LogP contribution is 2.43. The number of aromatic nitrogens is 2. The zero-order valence-electron chi connectivity index (χ0n) is 30.1. The Hall–Kier alpha value is -4.79. The van der Waals surface area contributed by atoms with Crippen molar-refractivity contribution in [2.75, 3.05) is 36.0 Å². The number of hydrogen-bond donors (Lipinski definition) is 4. The molecule has 0 radical (unpaired) electrons. The summed E-state index contributed by atoms with van der Waals surface area (Å²) in [6.45, 7) is 15.5. The molecule has 0 unspecified atom stereocenters. The third kappa shape index (κ3) is 7.23. The molecule has 2 fully saturated rings. The zero-order chi connectivity index (χ0) is 36.0. The number of phenolic OH excluding ortho intramolecular Hbond substituents is 1. The van der Waals surface area contributed by atoms with E-state index in [1.54, 1.807) is 0 Å². The molecular weight excluding hydrogens is 628 g/mol. The molecule has 50 heavy (non-hydrogen) atoms. The topological polar surface area (TPSA) is 130 Å². The number of hydrogen-bond acceptors (Lipinski definition) is 6. The van der Waals surface area contributed by atoms with Crippen molar-refractivity contribution in [3.63, 3.8) is 0 Å². The van der Waals surface area contributed by atoms with Crippen LogP contribution in [-0.4, -0.2) is 63.4 Å². The van der Waals surface area contributed by atoms with Crippen molar-refractivity contribution in [1.82, 2.24) is 9.97 Å². The van der Waals surface area contributed by atoms with Gasteiger partial charge in [0.25, 0.3) is 0 Å². The first-order chi connectivity index (χ1) is 23.6. The van der Waals surface area contributed by atoms with Gasteiger partial charge in [-0.25, -0.2) is 4.98 Å². The quantitative estimate of drug-likeness (QED) is 0.154. The fourth-order valence-corrected chi connectivity index (χ4v) is 7.28. The van der Waals surface area contributed by atoms with Gasteiger partial charge >= 0.3 is 11.9 Å². The lowest BCUT2D eigenvalue weighted by Gasteiger charge is -2.32. The first-order valence-corrected chi connectivity index (χ1v) is 17.7. The van der Waals surface area contributed by atoms with Gasteiger partial charge in [-0.1, -0.05) is 65.8 Å². The van der Waals surface area contributed by atoms with Gasteiger partial charge < -0.3 is 30.1 Å². The lowest BCUT2D eigenvalue weighted by Crippen LogP contribution is -2.36. The normalized spacial score (nSPS) is 16.5. The first kappa shape index (κ1) is 35.1. The second-order valence-corrected chi connectivity index (χ2v) is 16.0. The number of carboxylic acid groups (broad SMARTS) is 2. The molecular formula is C41H50N4O5. The largest absolute Gasteiger partial charge is 0.507 e. The Morgan fingerprint density at radius 2 is 1.06 bits per heavy atom. The van der Waals surface area contributed by atoms with Crippen LogP contribution in [0, 0.1) is 11.8 Å². The third-order valence-corrected chi connectivity index (χ3v) is 10.4. The summed E-state index contributed by atoms with van der Waals surface area (Å²) in [5.41, 5.74) is 7.82. The molecule has 9 heteroatoms. The van der Waals surface area contributed by atoms with Crippen LogP contribution in [0.5, 0.6) is 5.75 Å². The minimum Gasteiger partial charge on any atom is -0.507 e. The molecule has 2 aliphatic rings. The number of benzene rings is 3. The molecule has 1 aromatic heterocycles. The Morgan fingerprint density at radius 3 is 1.44 bits per heavy atom. The summed E-state index contributed by atoms with van der Waals surface area (Å²) >= 11 is 0. The van der Waals surface area contributed by atoms with Crippen molar-refractivity contribution in [3.8, 4) is 39.7 Å². The van der Waals surface area contributed by atoms with E-state index in [9.17, 15) is 24.9 Å². The van der Waals surface area contributed by atoms with E-state index in [0.29, 0.717) is 63.4 Å². The SMILES string of the molecule is CC(C)(C)c1cc(-c2nc(-c3ccc(N4CCC(C(=O)O)CC4)cc3)c(-c3ccc(N4CCC(C(=O)O)CC4)cc3)[nH]2)cc(C(C)(C)C)c1O. The predicted octanol–water partition coefficient (Wildman–Crippen LogP) is 8.31. The standard InChI is InChI=1S/C41H50N4O5/c1-40(2,3)32-23-29(24-33(36(32)46)41(4,5)6)37-42-34(25-7-11-30(12-8-25)44-19-15-27(16-20-44)38(47)48)35(43-37)26-9-13-31(14-10-26)45-21-17-28(18-22-45)39(49)50/h7-14,23-24,27-28,46H,15-22H2,1-6H3,(H,42,43)(H,47,48)(H,49,50). The number of carbonyl (C=O) groups is 2. The molecule has 0 amide bonds. The van der Waals surface area contributed by atoms with Gasteiger partial charge in [0.15, 0.2) is 0 Å². The Morgan fingerprint density at radius 1 is 0.660 bits per heavy atom. The Kier molecular flexibility index (Phi) is 9.46. The number of carboxylic acids is 2. The summed E-state index contributed by atoms with van der Waals surface area (Å²) in [4.78, 5) is 36.3. The molecule has 3 heterocycles. The molecule has 3 aromatic carbocycles. The van der Waals surface area contributed by atoms with Gasteiger partial charge in [-0.2, -0.15) is 0 Å². The molecule has 4 N–H and O–H groups in total. The summed E-state index contributed by atoms with van der Waals surface area (Å²) < 4.78 is 0. The number of nitrogens with one attached hydrogen (secondary N) is 1. The van der Waals surface area contributed by atoms with Crippen LogP contribution in [0.3, 0.4) is 0 Å². The lowest BCUT2D eigenvalue weighted by atomic mass is 9.78. The number of phenols is 1. The van der Waals surface area contributed by atoms with E-state index in [1.807, 2.05) is 12.1 Å². The number of aliphatic carboxylic acids is 2. The minimum atomic E-state index is -0.712. The highest BCUT2D eigenvalue weighted by molar-refractivity contribution is 5.83. The zero-order valence-corrected chi connectivity index (χ0v) is 30.1. The van der Waals surface area contributed by atoms with Crippen LogP contribution in [0.15, 0.2) is 60.7 Å². The fraction of sp³-hybridized carbons (Fsp3) is 0.439. The average molecular weight is 679 g/mol. The van der Waals surface area contributed by atoms with Crippen molar-refractivity contribution in [2.24, 2.45) is 11.8 Å². The van der Waals surface area contributed by atoms with Gasteiger partial charge in [0, 0.05) is 65.4 Å². The van der Waals surface area contributed by atoms with E-state index >= 15 is 0 Å². The number of piperidine rings is 2. The van der Waals surface area contributed by atoms with Crippen molar-refractivity contribution < 1.29 is 24.9 Å².